The lowest BCUT2D eigenvalue weighted by Crippen LogP contribution is -3.61. The Kier molecular flexibility index (Phi) is 9.24. The SMILES string of the molecule is CC(C)(C)c1ccc([I+]c2ccc(C(C)(C)C)cc2)cc1.O=C([O-])C(F)(F)C(F)(F)C(F)(F)F. The molecule has 0 aliphatic carbocycles. The van der Waals surface area contributed by atoms with Gasteiger partial charge in [-0.3, -0.25) is 0 Å². The van der Waals surface area contributed by atoms with Crippen molar-refractivity contribution in [3.63, 3.8) is 0 Å². The smallest absolute Gasteiger partial charge is 0.460 e. The highest BCUT2D eigenvalue weighted by Gasteiger charge is 2.73. The Morgan fingerprint density at radius 2 is 0.941 bits per heavy atom. The third-order valence-electron chi connectivity index (χ3n) is 4.65. The summed E-state index contributed by atoms with van der Waals surface area (Å²) in [6.45, 7) is 13.6. The van der Waals surface area contributed by atoms with E-state index < -0.39 is 24.0 Å². The van der Waals surface area contributed by atoms with Gasteiger partial charge in [-0.25, -0.2) is 0 Å². The third-order valence-corrected chi connectivity index (χ3v) is 7.33. The zero-order chi connectivity index (χ0) is 26.8. The molecule has 0 radical (unpaired) electrons. The maximum absolute atomic E-state index is 11.7. The quantitative estimate of drug-likeness (QED) is 0.397. The fraction of sp³-hybridized carbons (Fsp3) is 0.458. The fourth-order valence-corrected chi connectivity index (χ4v) is 4.62. The summed E-state index contributed by atoms with van der Waals surface area (Å²) in [6, 6.07) is 18.4. The van der Waals surface area contributed by atoms with Crippen molar-refractivity contribution in [1.29, 1.82) is 0 Å². The molecule has 0 aliphatic heterocycles. The van der Waals surface area contributed by atoms with Crippen molar-refractivity contribution in [2.75, 3.05) is 0 Å². The van der Waals surface area contributed by atoms with Gasteiger partial charge < -0.3 is 9.90 Å². The molecule has 0 amide bonds. The molecule has 190 valence electrons. The predicted octanol–water partition coefficient (Wildman–Crippen LogP) is 2.98. The molecule has 0 unspecified atom stereocenters. The summed E-state index contributed by atoms with van der Waals surface area (Å²) in [4.78, 5) is 9.27. The summed E-state index contributed by atoms with van der Waals surface area (Å²) < 4.78 is 83.2. The van der Waals surface area contributed by atoms with Crippen molar-refractivity contribution in [1.82, 2.24) is 0 Å². The van der Waals surface area contributed by atoms with Crippen LogP contribution in [0.1, 0.15) is 52.7 Å². The summed E-state index contributed by atoms with van der Waals surface area (Å²) >= 11 is -0.0703. The van der Waals surface area contributed by atoms with Crippen molar-refractivity contribution in [2.24, 2.45) is 0 Å². The Labute approximate surface area is 204 Å². The summed E-state index contributed by atoms with van der Waals surface area (Å²) in [6.07, 6.45) is -6.64. The Hall–Kier alpha value is -1.85. The van der Waals surface area contributed by atoms with Gasteiger partial charge in [0, 0.05) is 0 Å². The maximum Gasteiger partial charge on any atom is 0.460 e. The van der Waals surface area contributed by atoms with Crippen molar-refractivity contribution >= 4 is 5.97 Å². The second kappa shape index (κ2) is 10.4. The summed E-state index contributed by atoms with van der Waals surface area (Å²) in [7, 11) is 0. The van der Waals surface area contributed by atoms with Crippen LogP contribution in [0.4, 0.5) is 30.7 Å². The number of carboxylic acid groups (broad SMARTS) is 1. The lowest BCUT2D eigenvalue weighted by atomic mass is 9.87. The summed E-state index contributed by atoms with van der Waals surface area (Å²) in [5, 5.41) is 9.27. The van der Waals surface area contributed by atoms with Gasteiger partial charge in [-0.15, -0.1) is 0 Å². The van der Waals surface area contributed by atoms with Crippen LogP contribution in [-0.2, 0) is 15.6 Å². The largest absolute Gasteiger partial charge is 0.544 e. The minimum Gasteiger partial charge on any atom is -0.544 e. The molecule has 34 heavy (non-hydrogen) atoms. The molecule has 2 aromatic carbocycles. The number of aliphatic carboxylic acids is 1. The number of hydrogen-bond acceptors (Lipinski definition) is 2. The number of rotatable bonds is 4. The van der Waals surface area contributed by atoms with E-state index >= 15 is 0 Å². The minimum absolute atomic E-state index is 0.0703. The van der Waals surface area contributed by atoms with Crippen LogP contribution in [0.2, 0.25) is 0 Å². The first kappa shape index (κ1) is 30.2. The van der Waals surface area contributed by atoms with E-state index in [0.717, 1.165) is 0 Å². The van der Waals surface area contributed by atoms with Crippen LogP contribution < -0.4 is 26.3 Å². The van der Waals surface area contributed by atoms with Crippen LogP contribution in [0, 0.1) is 7.14 Å². The number of halogens is 8. The molecule has 0 heterocycles. The number of carbonyl (C=O) groups excluding carboxylic acids is 1. The van der Waals surface area contributed by atoms with E-state index in [1.54, 1.807) is 0 Å². The normalized spacial score (nSPS) is 13.2. The molecular weight excluding hydrogens is 580 g/mol. The van der Waals surface area contributed by atoms with E-state index in [4.69, 9.17) is 0 Å². The van der Waals surface area contributed by atoms with Gasteiger partial charge in [0.25, 0.3) is 0 Å². The monoisotopic (exact) mass is 606 g/mol. The molecule has 0 aromatic heterocycles. The molecule has 0 spiro atoms. The van der Waals surface area contributed by atoms with Crippen molar-refractivity contribution in [2.45, 2.75) is 70.4 Å². The van der Waals surface area contributed by atoms with Crippen LogP contribution in [0.3, 0.4) is 0 Å². The van der Waals surface area contributed by atoms with Crippen LogP contribution >= 0.6 is 0 Å². The zero-order valence-corrected chi connectivity index (χ0v) is 21.6. The zero-order valence-electron chi connectivity index (χ0n) is 19.5. The Bertz CT molecular complexity index is 898. The van der Waals surface area contributed by atoms with Gasteiger partial charge in [-0.05, 0) is 46.2 Å². The molecule has 2 nitrogen and oxygen atoms in total. The molecule has 0 N–H and O–H groups in total. The summed E-state index contributed by atoms with van der Waals surface area (Å²) in [5.74, 6) is -16.7. The average molecular weight is 606 g/mol. The van der Waals surface area contributed by atoms with E-state index in [1.807, 2.05) is 0 Å². The van der Waals surface area contributed by atoms with Crippen LogP contribution in [0.15, 0.2) is 48.5 Å². The highest BCUT2D eigenvalue weighted by molar-refractivity contribution is 5.74. The van der Waals surface area contributed by atoms with Crippen LogP contribution in [-0.4, -0.2) is 24.0 Å². The first-order valence-electron chi connectivity index (χ1n) is 10.0. The molecule has 2 rings (SSSR count). The number of carboxylic acids is 1. The Balaban J connectivity index is 0.000000385. The van der Waals surface area contributed by atoms with E-state index in [1.165, 1.54) is 18.3 Å². The van der Waals surface area contributed by atoms with E-state index in [-0.39, 0.29) is 32.0 Å². The van der Waals surface area contributed by atoms with Crippen molar-refractivity contribution in [3.05, 3.63) is 66.8 Å². The van der Waals surface area contributed by atoms with Gasteiger partial charge in [0.2, 0.25) is 0 Å². The Morgan fingerprint density at radius 3 is 1.12 bits per heavy atom. The van der Waals surface area contributed by atoms with Crippen LogP contribution in [0.25, 0.3) is 0 Å². The average Bonchev–Trinajstić information content (AvgIpc) is 2.67. The third kappa shape index (κ3) is 7.58. The summed E-state index contributed by atoms with van der Waals surface area (Å²) in [5.41, 5.74) is 3.31. The standard InChI is InChI=1S/C20H26I.C4HF7O2/c1-19(2,3)15-7-11-17(12-8-15)21-18-13-9-16(10-14-18)20(4,5)6;5-2(6,1(12)13)3(7,8)4(9,10)11/h7-14H,1-6H3;(H,12,13)/q+1;/p-1. The minimum atomic E-state index is -6.64. The molecule has 0 saturated carbocycles. The first-order valence-corrected chi connectivity index (χ1v) is 12.2. The van der Waals surface area contributed by atoms with E-state index in [9.17, 15) is 40.6 Å². The lowest BCUT2D eigenvalue weighted by molar-refractivity contribution is -0.597. The highest BCUT2D eigenvalue weighted by atomic mass is 127. The molecule has 2 aromatic rings. The predicted molar refractivity (Wildman–Crippen MR) is 109 cm³/mol. The fourth-order valence-electron chi connectivity index (χ4n) is 2.46. The molecule has 0 aliphatic rings. The number of benzene rings is 2. The maximum atomic E-state index is 11.7. The molecule has 0 saturated heterocycles. The molecule has 10 heteroatoms. The second-order valence-electron chi connectivity index (χ2n) is 9.54. The van der Waals surface area contributed by atoms with Gasteiger partial charge in [-0.2, -0.15) is 30.7 Å². The molecular formula is C24H26F7IO2. The van der Waals surface area contributed by atoms with Crippen molar-refractivity contribution in [3.8, 4) is 0 Å². The molecule has 0 bridgehead atoms. The number of carbonyl (C=O) groups is 1. The van der Waals surface area contributed by atoms with Crippen molar-refractivity contribution < 1.29 is 61.8 Å². The second-order valence-corrected chi connectivity index (χ2v) is 12.6. The van der Waals surface area contributed by atoms with Gasteiger partial charge in [0.15, 0.2) is 7.14 Å². The van der Waals surface area contributed by atoms with E-state index in [0.29, 0.717) is 0 Å². The number of hydrogen-bond donors (Lipinski definition) is 0. The molecule has 0 atom stereocenters. The lowest BCUT2D eigenvalue weighted by Gasteiger charge is -2.28. The van der Waals surface area contributed by atoms with Gasteiger partial charge in [-0.1, -0.05) is 65.8 Å². The highest BCUT2D eigenvalue weighted by Crippen LogP contribution is 2.46. The van der Waals surface area contributed by atoms with Gasteiger partial charge in [0.05, 0.1) is 0 Å². The number of alkyl halides is 7. The van der Waals surface area contributed by atoms with Crippen LogP contribution in [0.5, 0.6) is 0 Å². The Morgan fingerprint density at radius 1 is 0.647 bits per heavy atom. The van der Waals surface area contributed by atoms with E-state index in [2.05, 4.69) is 90.1 Å². The van der Waals surface area contributed by atoms with Gasteiger partial charge >= 0.3 is 39.2 Å². The topological polar surface area (TPSA) is 40.1 Å². The van der Waals surface area contributed by atoms with Gasteiger partial charge in [0.1, 0.15) is 5.97 Å². The first-order chi connectivity index (χ1) is 15.1. The molecule has 0 fully saturated rings.